The maximum Gasteiger partial charge on any atom is 0.121 e. The molecule has 4 heteroatoms. The van der Waals surface area contributed by atoms with E-state index in [1.165, 1.54) is 19.4 Å². The van der Waals surface area contributed by atoms with Crippen molar-refractivity contribution in [2.75, 3.05) is 26.2 Å². The quantitative estimate of drug-likeness (QED) is 0.692. The van der Waals surface area contributed by atoms with Crippen molar-refractivity contribution in [2.24, 2.45) is 5.92 Å². The lowest BCUT2D eigenvalue weighted by Gasteiger charge is -2.47. The van der Waals surface area contributed by atoms with Crippen LogP contribution in [0, 0.1) is 5.92 Å². The molecule has 108 valence electrons. The van der Waals surface area contributed by atoms with Gasteiger partial charge in [-0.1, -0.05) is 13.8 Å². The van der Waals surface area contributed by atoms with E-state index in [1.807, 2.05) is 11.3 Å². The van der Waals surface area contributed by atoms with Crippen molar-refractivity contribution in [3.63, 3.8) is 0 Å². The average Bonchev–Trinajstić information content (AvgIpc) is 2.35. The fraction of sp³-hybridized carbons (Fsp3) is 1.00. The summed E-state index contributed by atoms with van der Waals surface area (Å²) in [5.74, 6) is 0.516. The number of hydrogen-bond acceptors (Lipinski definition) is 3. The molecular weight excluding hydrogens is 248 g/mol. The summed E-state index contributed by atoms with van der Waals surface area (Å²) in [6.07, 6.45) is 2.42. The molecule has 1 saturated heterocycles. The Balaban J connectivity index is 2.42. The zero-order chi connectivity index (χ0) is 13.8. The van der Waals surface area contributed by atoms with Crippen LogP contribution in [0.1, 0.15) is 47.5 Å². The smallest absolute Gasteiger partial charge is 0.121 e. The first-order valence-corrected chi connectivity index (χ1v) is 7.56. The summed E-state index contributed by atoms with van der Waals surface area (Å²) in [5, 5.41) is 0. The summed E-state index contributed by atoms with van der Waals surface area (Å²) in [4.78, 5) is 2.47. The Hall–Kier alpha value is 0.170. The Labute approximate surface area is 118 Å². The van der Waals surface area contributed by atoms with E-state index in [1.54, 1.807) is 0 Å². The van der Waals surface area contributed by atoms with Crippen LogP contribution in [0.2, 0.25) is 0 Å². The molecule has 0 amide bonds. The Morgan fingerprint density at radius 3 is 2.50 bits per heavy atom. The molecule has 1 aliphatic heterocycles. The number of ether oxygens (including phenoxy) is 1. The Kier molecular flexibility index (Phi) is 6.39. The third-order valence-electron chi connectivity index (χ3n) is 4.33. The van der Waals surface area contributed by atoms with Crippen molar-refractivity contribution in [1.82, 2.24) is 9.32 Å². The van der Waals surface area contributed by atoms with Crippen molar-refractivity contribution >= 4 is 11.8 Å². The van der Waals surface area contributed by atoms with Gasteiger partial charge in [-0.25, -0.2) is 0 Å². The summed E-state index contributed by atoms with van der Waals surface area (Å²) < 4.78 is 7.57. The molecule has 1 rings (SSSR count). The van der Waals surface area contributed by atoms with Gasteiger partial charge in [-0.2, -0.15) is 4.42 Å². The third-order valence-corrected chi connectivity index (χ3v) is 5.04. The van der Waals surface area contributed by atoms with Gasteiger partial charge in [-0.15, -0.1) is 0 Å². The van der Waals surface area contributed by atoms with Crippen LogP contribution in [-0.2, 0) is 4.74 Å². The highest BCUT2D eigenvalue weighted by molar-refractivity contribution is 6.14. The number of rotatable bonds is 6. The summed E-state index contributed by atoms with van der Waals surface area (Å²) in [7, 11) is 0. The van der Waals surface area contributed by atoms with Crippen LogP contribution < -0.4 is 0 Å². The normalized spacial score (nSPS) is 28.8. The molecular formula is C14H29ClN2O. The minimum atomic E-state index is 0.0145. The molecule has 3 nitrogen and oxygen atoms in total. The summed E-state index contributed by atoms with van der Waals surface area (Å²) >= 11 is 6.35. The minimum absolute atomic E-state index is 0.0145. The highest BCUT2D eigenvalue weighted by atomic mass is 35.5. The average molecular weight is 277 g/mol. The molecule has 0 bridgehead atoms. The van der Waals surface area contributed by atoms with Crippen molar-refractivity contribution in [1.29, 1.82) is 0 Å². The highest BCUT2D eigenvalue weighted by Crippen LogP contribution is 2.36. The van der Waals surface area contributed by atoms with Crippen LogP contribution >= 0.6 is 11.8 Å². The molecule has 1 heterocycles. The predicted octanol–water partition coefficient (Wildman–Crippen LogP) is 3.34. The molecule has 0 aromatic heterocycles. The standard InChI is InChI=1S/C14H29ClN2O/c1-6-16(7-2)10-8-9-13-11-18-12(3)17(15)14(13,4)5/h12-13H,6-11H2,1-5H3. The highest BCUT2D eigenvalue weighted by Gasteiger charge is 2.41. The topological polar surface area (TPSA) is 15.7 Å². The number of hydrogen-bond donors (Lipinski definition) is 0. The lowest BCUT2D eigenvalue weighted by molar-refractivity contribution is -0.131. The monoisotopic (exact) mass is 276 g/mol. The first-order valence-electron chi connectivity index (χ1n) is 7.22. The molecule has 0 aliphatic carbocycles. The van der Waals surface area contributed by atoms with Crippen LogP contribution in [0.5, 0.6) is 0 Å². The predicted molar refractivity (Wildman–Crippen MR) is 77.7 cm³/mol. The largest absolute Gasteiger partial charge is 0.362 e. The van der Waals surface area contributed by atoms with E-state index in [0.29, 0.717) is 5.92 Å². The van der Waals surface area contributed by atoms with E-state index < -0.39 is 0 Å². The second-order valence-electron chi connectivity index (χ2n) is 5.76. The Morgan fingerprint density at radius 1 is 1.33 bits per heavy atom. The lowest BCUT2D eigenvalue weighted by Crippen LogP contribution is -2.55. The van der Waals surface area contributed by atoms with Crippen molar-refractivity contribution in [3.05, 3.63) is 0 Å². The molecule has 0 radical (unpaired) electrons. The molecule has 0 saturated carbocycles. The number of nitrogens with zero attached hydrogens (tertiary/aromatic N) is 2. The zero-order valence-corrected chi connectivity index (χ0v) is 13.3. The summed E-state index contributed by atoms with van der Waals surface area (Å²) in [5.41, 5.74) is 0.0164. The van der Waals surface area contributed by atoms with Gasteiger partial charge < -0.3 is 9.64 Å². The van der Waals surface area contributed by atoms with Crippen LogP contribution in [-0.4, -0.2) is 47.3 Å². The lowest BCUT2D eigenvalue weighted by atomic mass is 9.83. The van der Waals surface area contributed by atoms with Crippen molar-refractivity contribution in [3.8, 4) is 0 Å². The summed E-state index contributed by atoms with van der Waals surface area (Å²) in [6, 6.07) is 0. The first kappa shape index (κ1) is 16.2. The van der Waals surface area contributed by atoms with Gasteiger partial charge in [-0.3, -0.25) is 0 Å². The number of halogens is 1. The molecule has 1 aliphatic rings. The fourth-order valence-electron chi connectivity index (χ4n) is 2.71. The van der Waals surface area contributed by atoms with E-state index in [4.69, 9.17) is 16.5 Å². The van der Waals surface area contributed by atoms with Crippen LogP contribution in [0.25, 0.3) is 0 Å². The second-order valence-corrected chi connectivity index (χ2v) is 6.13. The molecule has 2 unspecified atom stereocenters. The Morgan fingerprint density at radius 2 is 1.94 bits per heavy atom. The van der Waals surface area contributed by atoms with Crippen LogP contribution in [0.15, 0.2) is 0 Å². The third kappa shape index (κ3) is 3.83. The van der Waals surface area contributed by atoms with Gasteiger partial charge >= 0.3 is 0 Å². The van der Waals surface area contributed by atoms with E-state index in [2.05, 4.69) is 32.6 Å². The maximum absolute atomic E-state index is 6.35. The van der Waals surface area contributed by atoms with Crippen molar-refractivity contribution in [2.45, 2.75) is 59.2 Å². The summed E-state index contributed by atoms with van der Waals surface area (Å²) in [6.45, 7) is 15.2. The van der Waals surface area contributed by atoms with Crippen LogP contribution in [0.4, 0.5) is 0 Å². The van der Waals surface area contributed by atoms with Gasteiger partial charge in [0.1, 0.15) is 6.23 Å². The molecule has 1 fully saturated rings. The van der Waals surface area contributed by atoms with Gasteiger partial charge in [0.15, 0.2) is 0 Å². The van der Waals surface area contributed by atoms with Gasteiger partial charge in [0.2, 0.25) is 0 Å². The van der Waals surface area contributed by atoms with E-state index >= 15 is 0 Å². The Bertz CT molecular complexity index is 244. The van der Waals surface area contributed by atoms with E-state index in [0.717, 1.165) is 19.7 Å². The molecule has 0 N–H and O–H groups in total. The molecule has 0 aromatic carbocycles. The van der Waals surface area contributed by atoms with Gasteiger partial charge in [0.05, 0.1) is 6.61 Å². The molecule has 2 atom stereocenters. The molecule has 0 spiro atoms. The van der Waals surface area contributed by atoms with Crippen LogP contribution in [0.3, 0.4) is 0 Å². The molecule has 0 aromatic rings. The van der Waals surface area contributed by atoms with Gasteiger partial charge in [0.25, 0.3) is 0 Å². The van der Waals surface area contributed by atoms with E-state index in [-0.39, 0.29) is 11.8 Å². The van der Waals surface area contributed by atoms with E-state index in [9.17, 15) is 0 Å². The second kappa shape index (κ2) is 7.09. The van der Waals surface area contributed by atoms with Gasteiger partial charge in [0, 0.05) is 11.5 Å². The molecule has 18 heavy (non-hydrogen) atoms. The first-order chi connectivity index (χ1) is 8.43. The maximum atomic E-state index is 6.35. The SMILES string of the molecule is CCN(CC)CCCC1COC(C)N(Cl)C1(C)C. The van der Waals surface area contributed by atoms with Gasteiger partial charge in [-0.05, 0) is 65.0 Å². The fourth-order valence-corrected chi connectivity index (χ4v) is 2.90. The van der Waals surface area contributed by atoms with Crippen molar-refractivity contribution < 1.29 is 4.74 Å². The zero-order valence-electron chi connectivity index (χ0n) is 12.6. The minimum Gasteiger partial charge on any atom is -0.362 e.